The van der Waals surface area contributed by atoms with Crippen LogP contribution in [0.1, 0.15) is 28.2 Å². The summed E-state index contributed by atoms with van der Waals surface area (Å²) in [5.41, 5.74) is 0.646. The Morgan fingerprint density at radius 1 is 0.875 bits per heavy atom. The Morgan fingerprint density at radius 2 is 1.47 bits per heavy atom. The van der Waals surface area contributed by atoms with Crippen molar-refractivity contribution in [3.63, 3.8) is 0 Å². The summed E-state index contributed by atoms with van der Waals surface area (Å²) in [6, 6.07) is 18.6. The van der Waals surface area contributed by atoms with Crippen LogP contribution in [-0.2, 0) is 15.1 Å². The highest BCUT2D eigenvalue weighted by Crippen LogP contribution is 2.64. The van der Waals surface area contributed by atoms with Gasteiger partial charge in [0.2, 0.25) is 11.8 Å². The summed E-state index contributed by atoms with van der Waals surface area (Å²) < 4.78 is 0. The summed E-state index contributed by atoms with van der Waals surface area (Å²) >= 11 is 12.5. The molecule has 158 valence electrons. The summed E-state index contributed by atoms with van der Waals surface area (Å²) in [7, 11) is 0. The predicted octanol–water partition coefficient (Wildman–Crippen LogP) is 4.78. The van der Waals surface area contributed by atoms with Crippen molar-refractivity contribution in [3.05, 3.63) is 109 Å². The number of amides is 2. The number of carbonyl (C=O) groups excluding carboxylic acids is 2. The van der Waals surface area contributed by atoms with E-state index >= 15 is 0 Å². The van der Waals surface area contributed by atoms with Crippen LogP contribution in [0.15, 0.2) is 66.7 Å². The Balaban J connectivity index is 1.68. The van der Waals surface area contributed by atoms with Crippen LogP contribution in [0, 0.1) is 22.0 Å². The smallest absolute Gasteiger partial charge is 0.274 e. The molecule has 1 heterocycles. The fourth-order valence-corrected chi connectivity index (χ4v) is 6.30. The number of anilines is 1. The van der Waals surface area contributed by atoms with Crippen molar-refractivity contribution >= 4 is 40.7 Å². The van der Waals surface area contributed by atoms with Gasteiger partial charge < -0.3 is 0 Å². The minimum Gasteiger partial charge on any atom is -0.274 e. The molecular weight excluding hydrogens is 451 g/mol. The minimum atomic E-state index is -1.86. The van der Waals surface area contributed by atoms with Crippen LogP contribution in [0.25, 0.3) is 0 Å². The highest BCUT2D eigenvalue weighted by atomic mass is 35.5. The fourth-order valence-electron chi connectivity index (χ4n) is 5.94. The van der Waals surface area contributed by atoms with Gasteiger partial charge in [0.1, 0.15) is 5.92 Å². The lowest BCUT2D eigenvalue weighted by molar-refractivity contribution is -0.578. The highest BCUT2D eigenvalue weighted by Gasteiger charge is 2.74. The standard InChI is InChI=1S/C24H14Cl2N2O4/c25-12-9-10-17(26)18(11-12)27-22(29)20-19-13-5-1-3-7-15(13)24(28(31)32,21(20)23(27)30)16-8-4-2-6-14(16)19/h1-11,19-21H/t19?,20-,21+,24?/m1/s1. The second-order valence-corrected chi connectivity index (χ2v) is 9.13. The van der Waals surface area contributed by atoms with Crippen molar-refractivity contribution in [2.24, 2.45) is 11.8 Å². The van der Waals surface area contributed by atoms with Crippen molar-refractivity contribution in [2.75, 3.05) is 4.90 Å². The molecule has 1 fully saturated rings. The summed E-state index contributed by atoms with van der Waals surface area (Å²) in [6.07, 6.45) is 0. The molecule has 0 aromatic heterocycles. The number of nitrogens with zero attached hydrogens (tertiary/aromatic N) is 2. The molecule has 3 aromatic carbocycles. The van der Waals surface area contributed by atoms with Gasteiger partial charge in [-0.25, -0.2) is 4.90 Å². The summed E-state index contributed by atoms with van der Waals surface area (Å²) in [6.45, 7) is 0. The van der Waals surface area contributed by atoms with Crippen LogP contribution in [0.4, 0.5) is 5.69 Å². The van der Waals surface area contributed by atoms with Crippen LogP contribution in [-0.4, -0.2) is 16.7 Å². The number of imide groups is 1. The number of hydrogen-bond acceptors (Lipinski definition) is 4. The van der Waals surface area contributed by atoms with E-state index in [1.165, 1.54) is 12.1 Å². The first kappa shape index (κ1) is 19.5. The molecule has 2 amide bonds. The third-order valence-corrected chi connectivity index (χ3v) is 7.57. The molecule has 8 heteroatoms. The molecule has 7 rings (SSSR count). The van der Waals surface area contributed by atoms with Gasteiger partial charge in [-0.15, -0.1) is 0 Å². The number of rotatable bonds is 2. The number of nitro groups is 1. The van der Waals surface area contributed by atoms with Gasteiger partial charge in [0.25, 0.3) is 5.54 Å². The van der Waals surface area contributed by atoms with Crippen molar-refractivity contribution < 1.29 is 14.5 Å². The van der Waals surface area contributed by atoms with Gasteiger partial charge in [-0.3, -0.25) is 19.7 Å². The average molecular weight is 465 g/mol. The molecule has 0 spiro atoms. The van der Waals surface area contributed by atoms with Crippen LogP contribution in [0.3, 0.4) is 0 Å². The van der Waals surface area contributed by atoms with E-state index in [2.05, 4.69) is 0 Å². The Bertz CT molecular complexity index is 1320. The maximum Gasteiger partial charge on any atom is 0.285 e. The Hall–Kier alpha value is -3.22. The van der Waals surface area contributed by atoms with Gasteiger partial charge in [-0.05, 0) is 29.3 Å². The molecule has 2 atom stereocenters. The quantitative estimate of drug-likeness (QED) is 0.310. The molecule has 1 saturated heterocycles. The maximum absolute atomic E-state index is 13.8. The lowest BCUT2D eigenvalue weighted by Crippen LogP contribution is -2.57. The molecule has 0 saturated carbocycles. The first-order valence-electron chi connectivity index (χ1n) is 10.0. The van der Waals surface area contributed by atoms with Crippen LogP contribution in [0.5, 0.6) is 0 Å². The molecule has 0 unspecified atom stereocenters. The fraction of sp³-hybridized carbons (Fsp3) is 0.167. The zero-order valence-corrected chi connectivity index (χ0v) is 17.9. The molecular formula is C24H14Cl2N2O4. The van der Waals surface area contributed by atoms with E-state index in [1.807, 2.05) is 12.1 Å². The highest BCUT2D eigenvalue weighted by molar-refractivity contribution is 6.38. The van der Waals surface area contributed by atoms with Crippen LogP contribution in [0.2, 0.25) is 10.0 Å². The van der Waals surface area contributed by atoms with Gasteiger partial charge in [-0.1, -0.05) is 71.7 Å². The molecule has 3 aliphatic carbocycles. The van der Waals surface area contributed by atoms with E-state index in [-0.39, 0.29) is 10.7 Å². The molecule has 4 aliphatic rings. The van der Waals surface area contributed by atoms with Gasteiger partial charge in [0.05, 0.1) is 16.6 Å². The van der Waals surface area contributed by atoms with Crippen molar-refractivity contribution in [1.29, 1.82) is 0 Å². The number of benzene rings is 3. The molecule has 3 aromatic rings. The Labute approximate surface area is 192 Å². The molecule has 0 radical (unpaired) electrons. The normalized spacial score (nSPS) is 27.2. The van der Waals surface area contributed by atoms with Crippen LogP contribution >= 0.6 is 23.2 Å². The summed E-state index contributed by atoms with van der Waals surface area (Å²) in [4.78, 5) is 41.1. The monoisotopic (exact) mass is 464 g/mol. The Kier molecular flexibility index (Phi) is 3.89. The summed E-state index contributed by atoms with van der Waals surface area (Å²) in [5, 5.41) is 13.4. The molecule has 6 nitrogen and oxygen atoms in total. The van der Waals surface area contributed by atoms with E-state index in [0.717, 1.165) is 4.90 Å². The van der Waals surface area contributed by atoms with Crippen molar-refractivity contribution in [3.8, 4) is 0 Å². The minimum absolute atomic E-state index is 0.148. The molecule has 2 bridgehead atoms. The van der Waals surface area contributed by atoms with E-state index in [0.29, 0.717) is 27.3 Å². The second kappa shape index (κ2) is 6.40. The average Bonchev–Trinajstić information content (AvgIpc) is 3.06. The van der Waals surface area contributed by atoms with Crippen molar-refractivity contribution in [1.82, 2.24) is 0 Å². The molecule has 0 N–H and O–H groups in total. The zero-order valence-electron chi connectivity index (χ0n) is 16.4. The lowest BCUT2D eigenvalue weighted by atomic mass is 9.51. The summed E-state index contributed by atoms with van der Waals surface area (Å²) in [5.74, 6) is -3.68. The largest absolute Gasteiger partial charge is 0.285 e. The lowest BCUT2D eigenvalue weighted by Gasteiger charge is -2.48. The Morgan fingerprint density at radius 3 is 2.06 bits per heavy atom. The predicted molar refractivity (Wildman–Crippen MR) is 118 cm³/mol. The zero-order chi connectivity index (χ0) is 22.4. The SMILES string of the molecule is O=C1[C@@H]2C3c4ccccc4C([N+](=O)[O-])(c4ccccc43)[C@@H]2C(=O)N1c1cc(Cl)ccc1Cl. The van der Waals surface area contributed by atoms with E-state index in [9.17, 15) is 19.7 Å². The van der Waals surface area contributed by atoms with E-state index < -0.39 is 40.0 Å². The van der Waals surface area contributed by atoms with Gasteiger partial charge in [-0.2, -0.15) is 0 Å². The maximum atomic E-state index is 13.8. The molecule has 1 aliphatic heterocycles. The van der Waals surface area contributed by atoms with Gasteiger partial charge >= 0.3 is 0 Å². The van der Waals surface area contributed by atoms with Gasteiger partial charge in [0.15, 0.2) is 0 Å². The van der Waals surface area contributed by atoms with Crippen LogP contribution < -0.4 is 4.90 Å². The van der Waals surface area contributed by atoms with Crippen molar-refractivity contribution in [2.45, 2.75) is 11.5 Å². The topological polar surface area (TPSA) is 80.5 Å². The number of halogens is 2. The second-order valence-electron chi connectivity index (χ2n) is 8.29. The number of hydrogen-bond donors (Lipinski definition) is 0. The first-order valence-corrected chi connectivity index (χ1v) is 10.8. The first-order chi connectivity index (χ1) is 15.4. The van der Waals surface area contributed by atoms with E-state index in [1.54, 1.807) is 42.5 Å². The van der Waals surface area contributed by atoms with Gasteiger partial charge in [0, 0.05) is 27.0 Å². The third kappa shape index (κ3) is 2.11. The number of carbonyl (C=O) groups is 2. The van der Waals surface area contributed by atoms with E-state index in [4.69, 9.17) is 23.2 Å². The third-order valence-electron chi connectivity index (χ3n) is 7.01. The molecule has 32 heavy (non-hydrogen) atoms.